The Bertz CT molecular complexity index is 1150. The average Bonchev–Trinajstić information content (AvgIpc) is 3.21. The quantitative estimate of drug-likeness (QED) is 0.509. The molecule has 6 rings (SSSR count). The number of hydrogen-bond acceptors (Lipinski definition) is 8. The van der Waals surface area contributed by atoms with E-state index in [1.807, 2.05) is 4.90 Å². The Hall–Kier alpha value is -2.37. The van der Waals surface area contributed by atoms with Gasteiger partial charge in [-0.05, 0) is 19.4 Å². The number of pyridine rings is 1. The lowest BCUT2D eigenvalue weighted by atomic mass is 9.87. The fraction of sp³-hybridized carbons (Fsp3) is 0.636. The third-order valence-corrected chi connectivity index (χ3v) is 7.68. The van der Waals surface area contributed by atoms with Gasteiger partial charge in [-0.2, -0.15) is 9.97 Å². The minimum absolute atomic E-state index is 0.00376. The lowest BCUT2D eigenvalue weighted by Gasteiger charge is -2.43. The van der Waals surface area contributed by atoms with Gasteiger partial charge in [0.25, 0.3) is 0 Å². The van der Waals surface area contributed by atoms with Crippen LogP contribution in [0.25, 0.3) is 10.9 Å². The molecule has 4 aliphatic rings. The molecule has 1 N–H and O–H groups in total. The molecule has 3 atom stereocenters. The van der Waals surface area contributed by atoms with E-state index in [-0.39, 0.29) is 34.7 Å². The van der Waals surface area contributed by atoms with Crippen molar-refractivity contribution in [2.45, 2.75) is 42.9 Å². The molecular weight excluding hydrogens is 470 g/mol. The van der Waals surface area contributed by atoms with Gasteiger partial charge in [-0.3, -0.25) is 9.69 Å². The number of nitrogens with one attached hydrogen (secondary N) is 1. The number of carbonyl (C=O) groups excluding carboxylic acids is 1. The van der Waals surface area contributed by atoms with Gasteiger partial charge < -0.3 is 19.7 Å². The highest BCUT2D eigenvalue weighted by Crippen LogP contribution is 2.40. The topological polar surface area (TPSA) is 92.7 Å². The summed E-state index contributed by atoms with van der Waals surface area (Å²) in [5.41, 5.74) is -0.899. The number of hydrogen-bond donors (Lipinski definition) is 1. The molecule has 4 aliphatic heterocycles. The molecule has 2 unspecified atom stereocenters. The molecule has 1 amide bonds. The number of β-lactam (4-membered cyclic amide) rings is 1. The minimum atomic E-state index is -0.884. The van der Waals surface area contributed by atoms with Crippen LogP contribution in [-0.4, -0.2) is 89.0 Å². The summed E-state index contributed by atoms with van der Waals surface area (Å²) in [6, 6.07) is 0.00376. The van der Waals surface area contributed by atoms with Crippen molar-refractivity contribution in [1.82, 2.24) is 25.2 Å². The highest BCUT2D eigenvalue weighted by molar-refractivity contribution is 6.30. The van der Waals surface area contributed by atoms with Gasteiger partial charge in [0.1, 0.15) is 24.1 Å². The van der Waals surface area contributed by atoms with E-state index >= 15 is 0 Å². The van der Waals surface area contributed by atoms with Gasteiger partial charge in [-0.15, -0.1) is 0 Å². The molecule has 9 nitrogen and oxygen atoms in total. The lowest BCUT2D eigenvalue weighted by Crippen LogP contribution is -2.67. The fourth-order valence-corrected chi connectivity index (χ4v) is 5.97. The summed E-state index contributed by atoms with van der Waals surface area (Å²) in [6.45, 7) is 3.20. The van der Waals surface area contributed by atoms with E-state index in [4.69, 9.17) is 21.1 Å². The van der Waals surface area contributed by atoms with Crippen LogP contribution in [0.4, 0.5) is 14.6 Å². The van der Waals surface area contributed by atoms with Crippen molar-refractivity contribution < 1.29 is 23.0 Å². The Kier molecular flexibility index (Phi) is 5.27. The molecule has 0 aromatic carbocycles. The van der Waals surface area contributed by atoms with Gasteiger partial charge in [0, 0.05) is 32.3 Å². The van der Waals surface area contributed by atoms with Crippen molar-refractivity contribution in [3.8, 4) is 6.01 Å². The van der Waals surface area contributed by atoms with E-state index in [9.17, 15) is 13.6 Å². The fourth-order valence-electron chi connectivity index (χ4n) is 5.83. The largest absolute Gasteiger partial charge is 0.461 e. The van der Waals surface area contributed by atoms with E-state index in [0.29, 0.717) is 56.9 Å². The Morgan fingerprint density at radius 2 is 2.21 bits per heavy atom. The maximum absolute atomic E-state index is 15.0. The first-order chi connectivity index (χ1) is 16.4. The second-order valence-corrected chi connectivity index (χ2v) is 10.2. The van der Waals surface area contributed by atoms with Gasteiger partial charge in [0.05, 0.1) is 36.1 Å². The number of amides is 1. The van der Waals surface area contributed by atoms with E-state index < -0.39 is 17.5 Å². The summed E-state index contributed by atoms with van der Waals surface area (Å²) in [5.74, 6) is -0.356. The molecule has 6 heterocycles. The predicted molar refractivity (Wildman–Crippen MR) is 119 cm³/mol. The molecule has 1 spiro atoms. The molecule has 0 saturated carbocycles. The van der Waals surface area contributed by atoms with Crippen LogP contribution in [0.2, 0.25) is 5.15 Å². The molecule has 4 saturated heterocycles. The number of alkyl halides is 1. The molecule has 0 bridgehead atoms. The van der Waals surface area contributed by atoms with Crippen molar-refractivity contribution >= 4 is 34.2 Å². The number of ether oxygens (including phenoxy) is 2. The number of carbonyl (C=O) groups is 1. The van der Waals surface area contributed by atoms with E-state index in [1.165, 1.54) is 6.20 Å². The third kappa shape index (κ3) is 3.64. The van der Waals surface area contributed by atoms with Gasteiger partial charge in [-0.25, -0.2) is 13.8 Å². The van der Waals surface area contributed by atoms with Crippen molar-refractivity contribution in [3.63, 3.8) is 0 Å². The zero-order valence-electron chi connectivity index (χ0n) is 18.5. The first-order valence-electron chi connectivity index (χ1n) is 11.5. The minimum Gasteiger partial charge on any atom is -0.461 e. The third-order valence-electron chi connectivity index (χ3n) is 7.41. The molecule has 2 aromatic heterocycles. The SMILES string of the molecule is O=C1CC2(COCCN(c3nc(OC[C@@]45CCCN4CC(F)C5)nc4c(F)c(Cl)ncc34)C2)N1. The summed E-state index contributed by atoms with van der Waals surface area (Å²) in [6.07, 6.45) is 3.13. The summed E-state index contributed by atoms with van der Waals surface area (Å²) in [4.78, 5) is 28.6. The standard InChI is InChI=1S/C22H25ClF2N6O3/c23-18-16(25)17-14(8-26-18)19(30-4-5-33-11-21(10-30)7-15(32)29-21)28-20(27-17)34-12-22-2-1-3-31(22)9-13(24)6-22/h8,13H,1-7,9-12H2,(H,29,32)/t13?,21?,22-/m0/s1. The van der Waals surface area contributed by atoms with Crippen LogP contribution in [0, 0.1) is 5.82 Å². The van der Waals surface area contributed by atoms with Crippen LogP contribution in [0.3, 0.4) is 0 Å². The molecular formula is C22H25ClF2N6O3. The van der Waals surface area contributed by atoms with E-state index in [2.05, 4.69) is 25.2 Å². The van der Waals surface area contributed by atoms with Gasteiger partial charge >= 0.3 is 6.01 Å². The van der Waals surface area contributed by atoms with Crippen LogP contribution in [0.5, 0.6) is 6.01 Å². The van der Waals surface area contributed by atoms with Crippen LogP contribution in [-0.2, 0) is 9.53 Å². The predicted octanol–water partition coefficient (Wildman–Crippen LogP) is 1.87. The van der Waals surface area contributed by atoms with E-state index in [1.54, 1.807) is 0 Å². The van der Waals surface area contributed by atoms with Crippen LogP contribution >= 0.6 is 11.6 Å². The molecule has 182 valence electrons. The summed E-state index contributed by atoms with van der Waals surface area (Å²) in [7, 11) is 0. The van der Waals surface area contributed by atoms with Gasteiger partial charge in [0.2, 0.25) is 5.91 Å². The van der Waals surface area contributed by atoms with Crippen LogP contribution < -0.4 is 15.0 Å². The molecule has 0 radical (unpaired) electrons. The molecule has 0 aliphatic carbocycles. The number of aromatic nitrogens is 3. The van der Waals surface area contributed by atoms with Crippen LogP contribution in [0.15, 0.2) is 6.20 Å². The second-order valence-electron chi connectivity index (χ2n) is 9.80. The zero-order valence-corrected chi connectivity index (χ0v) is 19.3. The molecule has 34 heavy (non-hydrogen) atoms. The first kappa shape index (κ1) is 22.1. The Morgan fingerprint density at radius 1 is 1.35 bits per heavy atom. The smallest absolute Gasteiger partial charge is 0.319 e. The Labute approximate surface area is 199 Å². The highest BCUT2D eigenvalue weighted by atomic mass is 35.5. The first-order valence-corrected chi connectivity index (χ1v) is 11.9. The highest BCUT2D eigenvalue weighted by Gasteiger charge is 2.49. The van der Waals surface area contributed by atoms with Crippen molar-refractivity contribution in [1.29, 1.82) is 0 Å². The normalized spacial score (nSPS) is 31.4. The molecule has 12 heteroatoms. The van der Waals surface area contributed by atoms with Gasteiger partial charge in [0.15, 0.2) is 11.0 Å². The number of anilines is 1. The summed E-state index contributed by atoms with van der Waals surface area (Å²) in [5, 5.41) is 3.04. The number of nitrogens with zero attached hydrogens (tertiary/aromatic N) is 5. The zero-order chi connectivity index (χ0) is 23.5. The molecule has 2 aromatic rings. The maximum atomic E-state index is 15.0. The number of fused-ring (bicyclic) bond motifs is 2. The number of halogens is 3. The van der Waals surface area contributed by atoms with Crippen molar-refractivity contribution in [3.05, 3.63) is 17.2 Å². The Morgan fingerprint density at radius 3 is 3.03 bits per heavy atom. The summed E-state index contributed by atoms with van der Waals surface area (Å²) >= 11 is 5.95. The van der Waals surface area contributed by atoms with Crippen molar-refractivity contribution in [2.75, 3.05) is 50.9 Å². The number of rotatable bonds is 4. The average molecular weight is 495 g/mol. The molecule has 4 fully saturated rings. The van der Waals surface area contributed by atoms with Gasteiger partial charge in [-0.1, -0.05) is 11.6 Å². The van der Waals surface area contributed by atoms with Crippen LogP contribution in [0.1, 0.15) is 25.7 Å². The van der Waals surface area contributed by atoms with E-state index in [0.717, 1.165) is 19.4 Å². The monoisotopic (exact) mass is 494 g/mol. The maximum Gasteiger partial charge on any atom is 0.319 e. The summed E-state index contributed by atoms with van der Waals surface area (Å²) < 4.78 is 40.9. The lowest BCUT2D eigenvalue weighted by molar-refractivity contribution is -0.134. The van der Waals surface area contributed by atoms with Crippen molar-refractivity contribution in [2.24, 2.45) is 0 Å². The Balaban J connectivity index is 1.36. The second kappa shape index (κ2) is 8.10.